The Bertz CT molecular complexity index is 987. The minimum atomic E-state index is -0.361. The van der Waals surface area contributed by atoms with Gasteiger partial charge in [0.1, 0.15) is 0 Å². The number of aryl methyl sites for hydroxylation is 1. The summed E-state index contributed by atoms with van der Waals surface area (Å²) in [5.41, 5.74) is 3.02. The summed E-state index contributed by atoms with van der Waals surface area (Å²) in [7, 11) is 0. The van der Waals surface area contributed by atoms with E-state index in [1.165, 1.54) is 11.8 Å². The van der Waals surface area contributed by atoms with Gasteiger partial charge in [0.05, 0.1) is 23.6 Å². The Labute approximate surface area is 179 Å². The number of hydrogen-bond acceptors (Lipinski definition) is 7. The molecule has 3 rings (SSSR count). The molecule has 9 heteroatoms. The van der Waals surface area contributed by atoms with Crippen molar-refractivity contribution in [2.75, 3.05) is 17.7 Å². The molecule has 0 saturated heterocycles. The molecular formula is C21H23N5O3S. The third-order valence-corrected chi connectivity index (χ3v) is 5.11. The van der Waals surface area contributed by atoms with E-state index < -0.39 is 0 Å². The highest BCUT2D eigenvalue weighted by Crippen LogP contribution is 2.19. The number of aromatic nitrogens is 4. The first-order chi connectivity index (χ1) is 14.6. The van der Waals surface area contributed by atoms with Crippen LogP contribution in [0.2, 0.25) is 0 Å². The molecule has 0 bridgehead atoms. The molecule has 8 nitrogen and oxygen atoms in total. The number of benzene rings is 2. The van der Waals surface area contributed by atoms with Gasteiger partial charge < -0.3 is 10.1 Å². The summed E-state index contributed by atoms with van der Waals surface area (Å²) in [6, 6.07) is 14.4. The van der Waals surface area contributed by atoms with Gasteiger partial charge in [-0.05, 0) is 60.2 Å². The van der Waals surface area contributed by atoms with Gasteiger partial charge in [0.15, 0.2) is 0 Å². The minimum absolute atomic E-state index is 0.146. The number of tetrazole rings is 1. The first-order valence-corrected chi connectivity index (χ1v) is 10.6. The summed E-state index contributed by atoms with van der Waals surface area (Å²) in [6.45, 7) is 4.45. The van der Waals surface area contributed by atoms with Crippen molar-refractivity contribution >= 4 is 29.3 Å². The minimum Gasteiger partial charge on any atom is -0.462 e. The van der Waals surface area contributed by atoms with E-state index in [-0.39, 0.29) is 17.6 Å². The van der Waals surface area contributed by atoms with Crippen molar-refractivity contribution in [3.8, 4) is 5.69 Å². The Morgan fingerprint density at radius 3 is 2.53 bits per heavy atom. The lowest BCUT2D eigenvalue weighted by molar-refractivity contribution is -0.113. The zero-order valence-electron chi connectivity index (χ0n) is 16.9. The van der Waals surface area contributed by atoms with Crippen molar-refractivity contribution in [3.05, 3.63) is 59.7 Å². The number of rotatable bonds is 9. The maximum atomic E-state index is 12.3. The van der Waals surface area contributed by atoms with Crippen LogP contribution in [0, 0.1) is 6.92 Å². The van der Waals surface area contributed by atoms with Crippen LogP contribution in [0.1, 0.15) is 35.7 Å². The Morgan fingerprint density at radius 1 is 1.10 bits per heavy atom. The second kappa shape index (κ2) is 10.5. The summed E-state index contributed by atoms with van der Waals surface area (Å²) in [6.07, 6.45) is 1.80. The Morgan fingerprint density at radius 2 is 1.83 bits per heavy atom. The largest absolute Gasteiger partial charge is 0.462 e. The van der Waals surface area contributed by atoms with Crippen LogP contribution in [0.15, 0.2) is 53.7 Å². The van der Waals surface area contributed by atoms with Gasteiger partial charge in [-0.15, -0.1) is 5.10 Å². The smallest absolute Gasteiger partial charge is 0.338 e. The van der Waals surface area contributed by atoms with Crippen LogP contribution in [0.4, 0.5) is 5.69 Å². The Balaban J connectivity index is 1.52. The lowest BCUT2D eigenvalue weighted by Crippen LogP contribution is -2.15. The summed E-state index contributed by atoms with van der Waals surface area (Å²) < 4.78 is 6.77. The lowest BCUT2D eigenvalue weighted by Gasteiger charge is -2.07. The van der Waals surface area contributed by atoms with E-state index in [9.17, 15) is 9.59 Å². The highest BCUT2D eigenvalue weighted by Gasteiger charge is 2.12. The molecular weight excluding hydrogens is 402 g/mol. The molecule has 1 aromatic heterocycles. The van der Waals surface area contributed by atoms with Crippen LogP contribution in [0.3, 0.4) is 0 Å². The number of hydrogen-bond donors (Lipinski definition) is 1. The number of unbranched alkanes of at least 4 members (excludes halogenated alkanes) is 1. The third kappa shape index (κ3) is 5.90. The zero-order chi connectivity index (χ0) is 21.3. The Kier molecular flexibility index (Phi) is 7.56. The molecule has 0 spiro atoms. The molecule has 0 radical (unpaired) electrons. The van der Waals surface area contributed by atoms with Crippen molar-refractivity contribution in [2.24, 2.45) is 0 Å². The predicted molar refractivity (Wildman–Crippen MR) is 115 cm³/mol. The second-order valence-electron chi connectivity index (χ2n) is 6.61. The molecule has 0 aliphatic rings. The molecule has 1 N–H and O–H groups in total. The van der Waals surface area contributed by atoms with Crippen LogP contribution in [0.5, 0.6) is 0 Å². The number of thioether (sulfide) groups is 1. The zero-order valence-corrected chi connectivity index (χ0v) is 17.7. The monoisotopic (exact) mass is 425 g/mol. The number of ether oxygens (including phenoxy) is 1. The SMILES string of the molecule is CCCCOC(=O)c1ccc(NC(=O)CSc2nnnn2-c2ccc(C)cc2)cc1. The van der Waals surface area contributed by atoms with Crippen molar-refractivity contribution in [2.45, 2.75) is 31.8 Å². The molecule has 30 heavy (non-hydrogen) atoms. The topological polar surface area (TPSA) is 99.0 Å². The van der Waals surface area contributed by atoms with E-state index >= 15 is 0 Å². The molecule has 0 aliphatic heterocycles. The fourth-order valence-electron chi connectivity index (χ4n) is 2.53. The lowest BCUT2D eigenvalue weighted by atomic mass is 10.2. The quantitative estimate of drug-likeness (QED) is 0.317. The average Bonchev–Trinajstić information content (AvgIpc) is 3.22. The number of carbonyl (C=O) groups is 2. The van der Waals surface area contributed by atoms with Crippen LogP contribution in [0.25, 0.3) is 5.69 Å². The van der Waals surface area contributed by atoms with Crippen molar-refractivity contribution in [1.29, 1.82) is 0 Å². The number of amides is 1. The average molecular weight is 426 g/mol. The van der Waals surface area contributed by atoms with E-state index in [1.807, 2.05) is 38.1 Å². The standard InChI is InChI=1S/C21H23N5O3S/c1-3-4-13-29-20(28)16-7-9-17(10-8-16)22-19(27)14-30-21-23-24-25-26(21)18-11-5-15(2)6-12-18/h5-12H,3-4,13-14H2,1-2H3,(H,22,27). The van der Waals surface area contributed by atoms with Gasteiger partial charge in [0.2, 0.25) is 11.1 Å². The number of carbonyl (C=O) groups excluding carboxylic acids is 2. The van der Waals surface area contributed by atoms with Crippen LogP contribution >= 0.6 is 11.8 Å². The molecule has 156 valence electrons. The molecule has 1 amide bonds. The first-order valence-electron chi connectivity index (χ1n) is 9.62. The van der Waals surface area contributed by atoms with Gasteiger partial charge in [0, 0.05) is 5.69 Å². The van der Waals surface area contributed by atoms with Gasteiger partial charge in [-0.25, -0.2) is 4.79 Å². The summed E-state index contributed by atoms with van der Waals surface area (Å²) in [5, 5.41) is 15.0. The molecule has 0 atom stereocenters. The highest BCUT2D eigenvalue weighted by molar-refractivity contribution is 7.99. The number of esters is 1. The second-order valence-corrected chi connectivity index (χ2v) is 7.55. The van der Waals surface area contributed by atoms with E-state index in [1.54, 1.807) is 28.9 Å². The molecule has 1 heterocycles. The van der Waals surface area contributed by atoms with Gasteiger partial charge >= 0.3 is 5.97 Å². The van der Waals surface area contributed by atoms with Gasteiger partial charge in [-0.1, -0.05) is 42.8 Å². The van der Waals surface area contributed by atoms with Crippen molar-refractivity contribution in [1.82, 2.24) is 20.2 Å². The van der Waals surface area contributed by atoms with Crippen LogP contribution < -0.4 is 5.32 Å². The summed E-state index contributed by atoms with van der Waals surface area (Å²) in [5.74, 6) is -0.413. The number of anilines is 1. The fraction of sp³-hybridized carbons (Fsp3) is 0.286. The highest BCUT2D eigenvalue weighted by atomic mass is 32.2. The third-order valence-electron chi connectivity index (χ3n) is 4.19. The van der Waals surface area contributed by atoms with Crippen LogP contribution in [-0.4, -0.2) is 44.4 Å². The molecule has 0 fully saturated rings. The summed E-state index contributed by atoms with van der Waals surface area (Å²) >= 11 is 1.24. The molecule has 0 aliphatic carbocycles. The number of nitrogens with zero attached hydrogens (tertiary/aromatic N) is 4. The van der Waals surface area contributed by atoms with E-state index in [4.69, 9.17) is 4.74 Å². The Hall–Kier alpha value is -3.20. The predicted octanol–water partition coefficient (Wildman–Crippen LogP) is 3.66. The van der Waals surface area contributed by atoms with Crippen LogP contribution in [-0.2, 0) is 9.53 Å². The van der Waals surface area contributed by atoms with Crippen molar-refractivity contribution in [3.63, 3.8) is 0 Å². The first kappa shape index (κ1) is 21.5. The van der Waals surface area contributed by atoms with Gasteiger partial charge in [-0.2, -0.15) is 4.68 Å². The maximum absolute atomic E-state index is 12.3. The molecule has 2 aromatic carbocycles. The molecule has 3 aromatic rings. The molecule has 0 unspecified atom stereocenters. The van der Waals surface area contributed by atoms with E-state index in [2.05, 4.69) is 20.8 Å². The van der Waals surface area contributed by atoms with Gasteiger partial charge in [0.25, 0.3) is 0 Å². The van der Waals surface area contributed by atoms with E-state index in [0.29, 0.717) is 23.0 Å². The molecule has 0 saturated carbocycles. The van der Waals surface area contributed by atoms with Crippen molar-refractivity contribution < 1.29 is 14.3 Å². The number of nitrogens with one attached hydrogen (secondary N) is 1. The van der Waals surface area contributed by atoms with E-state index in [0.717, 1.165) is 24.1 Å². The normalized spacial score (nSPS) is 10.6. The maximum Gasteiger partial charge on any atom is 0.338 e. The fourth-order valence-corrected chi connectivity index (χ4v) is 3.22. The van der Waals surface area contributed by atoms with Gasteiger partial charge in [-0.3, -0.25) is 4.79 Å². The summed E-state index contributed by atoms with van der Waals surface area (Å²) in [4.78, 5) is 24.2.